The molecule has 0 bridgehead atoms. The predicted molar refractivity (Wildman–Crippen MR) is 93.7 cm³/mol. The van der Waals surface area contributed by atoms with Gasteiger partial charge in [-0.3, -0.25) is 9.58 Å². The van der Waals surface area contributed by atoms with Gasteiger partial charge in [-0.25, -0.2) is 4.98 Å². The van der Waals surface area contributed by atoms with Crippen molar-refractivity contribution in [3.8, 4) is 6.07 Å². The number of aromatic nitrogens is 3. The molecule has 1 aliphatic heterocycles. The average Bonchev–Trinajstić information content (AvgIpc) is 3.05. The van der Waals surface area contributed by atoms with Crippen LogP contribution < -0.4 is 4.90 Å². The first-order valence-electron chi connectivity index (χ1n) is 8.33. The summed E-state index contributed by atoms with van der Waals surface area (Å²) in [6.45, 7) is 11.3. The van der Waals surface area contributed by atoms with Crippen molar-refractivity contribution >= 4 is 5.82 Å². The Balaban J connectivity index is 1.55. The molecule has 2 aromatic rings. The van der Waals surface area contributed by atoms with Gasteiger partial charge in [-0.2, -0.15) is 10.4 Å². The second-order valence-electron chi connectivity index (χ2n) is 7.24. The number of pyridine rings is 1. The fraction of sp³-hybridized carbons (Fsp3) is 0.500. The van der Waals surface area contributed by atoms with Gasteiger partial charge in [-0.1, -0.05) is 0 Å². The van der Waals surface area contributed by atoms with Crippen LogP contribution in [0.4, 0.5) is 5.82 Å². The quantitative estimate of drug-likeness (QED) is 0.866. The van der Waals surface area contributed by atoms with E-state index in [1.807, 2.05) is 23.0 Å². The van der Waals surface area contributed by atoms with Gasteiger partial charge in [0.2, 0.25) is 0 Å². The third-order valence-electron chi connectivity index (χ3n) is 4.30. The number of hydrogen-bond donors (Lipinski definition) is 0. The maximum Gasteiger partial charge on any atom is 0.128 e. The number of hydrogen-bond acceptors (Lipinski definition) is 5. The summed E-state index contributed by atoms with van der Waals surface area (Å²) in [5.41, 5.74) is 1.89. The lowest BCUT2D eigenvalue weighted by atomic mass is 10.1. The first-order valence-corrected chi connectivity index (χ1v) is 8.33. The van der Waals surface area contributed by atoms with Gasteiger partial charge in [0.05, 0.1) is 17.3 Å². The second-order valence-corrected chi connectivity index (χ2v) is 7.24. The molecule has 2 aromatic heterocycles. The summed E-state index contributed by atoms with van der Waals surface area (Å²) in [4.78, 5) is 9.11. The van der Waals surface area contributed by atoms with E-state index in [0.717, 1.165) is 38.5 Å². The van der Waals surface area contributed by atoms with Crippen LogP contribution in [-0.4, -0.2) is 45.8 Å². The summed E-state index contributed by atoms with van der Waals surface area (Å²) in [7, 11) is 0. The maximum atomic E-state index is 8.85. The van der Waals surface area contributed by atoms with Crippen LogP contribution in [-0.2, 0) is 12.1 Å². The fourth-order valence-electron chi connectivity index (χ4n) is 2.84. The minimum absolute atomic E-state index is 0.0260. The molecule has 24 heavy (non-hydrogen) atoms. The van der Waals surface area contributed by atoms with Gasteiger partial charge in [0, 0.05) is 50.7 Å². The molecule has 1 aliphatic rings. The van der Waals surface area contributed by atoms with Crippen molar-refractivity contribution in [3.05, 3.63) is 41.9 Å². The van der Waals surface area contributed by atoms with E-state index in [0.29, 0.717) is 5.56 Å². The highest BCUT2D eigenvalue weighted by atomic mass is 15.3. The third-order valence-corrected chi connectivity index (χ3v) is 4.30. The Kier molecular flexibility index (Phi) is 4.54. The summed E-state index contributed by atoms with van der Waals surface area (Å²) in [5, 5.41) is 13.3. The number of piperazine rings is 1. The van der Waals surface area contributed by atoms with Crippen molar-refractivity contribution in [2.45, 2.75) is 32.9 Å². The van der Waals surface area contributed by atoms with Crippen molar-refractivity contribution in [1.29, 1.82) is 5.26 Å². The van der Waals surface area contributed by atoms with Crippen molar-refractivity contribution in [3.63, 3.8) is 0 Å². The van der Waals surface area contributed by atoms with Crippen molar-refractivity contribution < 1.29 is 0 Å². The first kappa shape index (κ1) is 16.5. The lowest BCUT2D eigenvalue weighted by molar-refractivity contribution is 0.249. The SMILES string of the molecule is CC(C)(C)n1cc(CN2CCN(c3ccc(C#N)cn3)CC2)cn1. The highest BCUT2D eigenvalue weighted by Crippen LogP contribution is 2.17. The van der Waals surface area contributed by atoms with Gasteiger partial charge < -0.3 is 4.90 Å². The van der Waals surface area contributed by atoms with Crippen LogP contribution in [0, 0.1) is 11.3 Å². The van der Waals surface area contributed by atoms with E-state index >= 15 is 0 Å². The molecule has 6 nitrogen and oxygen atoms in total. The van der Waals surface area contributed by atoms with E-state index in [4.69, 9.17) is 5.26 Å². The lowest BCUT2D eigenvalue weighted by Gasteiger charge is -2.35. The maximum absolute atomic E-state index is 8.85. The molecule has 0 atom stereocenters. The second kappa shape index (κ2) is 6.62. The minimum atomic E-state index is 0.0260. The van der Waals surface area contributed by atoms with Gasteiger partial charge >= 0.3 is 0 Å². The van der Waals surface area contributed by atoms with Gasteiger partial charge in [-0.05, 0) is 32.9 Å². The molecule has 0 aromatic carbocycles. The molecule has 0 spiro atoms. The zero-order chi connectivity index (χ0) is 17.2. The molecule has 0 saturated carbocycles. The number of anilines is 1. The largest absolute Gasteiger partial charge is 0.354 e. The molecule has 126 valence electrons. The van der Waals surface area contributed by atoms with Gasteiger partial charge in [0.25, 0.3) is 0 Å². The Labute approximate surface area is 143 Å². The van der Waals surface area contributed by atoms with Gasteiger partial charge in [0.1, 0.15) is 11.9 Å². The summed E-state index contributed by atoms with van der Waals surface area (Å²) in [6.07, 6.45) is 5.76. The first-order chi connectivity index (χ1) is 11.5. The highest BCUT2D eigenvalue weighted by Gasteiger charge is 2.20. The normalized spacial score (nSPS) is 16.2. The van der Waals surface area contributed by atoms with Crippen LogP contribution in [0.2, 0.25) is 0 Å². The van der Waals surface area contributed by atoms with Crippen molar-refractivity contribution in [1.82, 2.24) is 19.7 Å². The van der Waals surface area contributed by atoms with Crippen LogP contribution in [0.5, 0.6) is 0 Å². The van der Waals surface area contributed by atoms with E-state index in [2.05, 4.69) is 52.9 Å². The van der Waals surface area contributed by atoms with Crippen molar-refractivity contribution in [2.75, 3.05) is 31.1 Å². The molecule has 3 rings (SSSR count). The molecular weight excluding hydrogens is 300 g/mol. The fourth-order valence-corrected chi connectivity index (χ4v) is 2.84. The van der Waals surface area contributed by atoms with Crippen molar-refractivity contribution in [2.24, 2.45) is 0 Å². The Morgan fingerprint density at radius 1 is 1.12 bits per heavy atom. The predicted octanol–water partition coefficient (Wildman–Crippen LogP) is 2.23. The molecule has 1 fully saturated rings. The Morgan fingerprint density at radius 2 is 1.88 bits per heavy atom. The van der Waals surface area contributed by atoms with E-state index in [9.17, 15) is 0 Å². The minimum Gasteiger partial charge on any atom is -0.354 e. The van der Waals surface area contributed by atoms with Crippen LogP contribution in [0.15, 0.2) is 30.7 Å². The molecule has 6 heteroatoms. The van der Waals surface area contributed by atoms with Crippen LogP contribution in [0.25, 0.3) is 0 Å². The third kappa shape index (κ3) is 3.74. The molecule has 1 saturated heterocycles. The summed E-state index contributed by atoms with van der Waals surface area (Å²) < 4.78 is 2.03. The zero-order valence-corrected chi connectivity index (χ0v) is 14.6. The van der Waals surface area contributed by atoms with E-state index in [1.165, 1.54) is 5.56 Å². The average molecular weight is 324 g/mol. The topological polar surface area (TPSA) is 61.0 Å². The summed E-state index contributed by atoms with van der Waals surface area (Å²) >= 11 is 0. The molecular formula is C18H24N6. The highest BCUT2D eigenvalue weighted by molar-refractivity contribution is 5.42. The molecule has 0 N–H and O–H groups in total. The number of nitrogens with zero attached hydrogens (tertiary/aromatic N) is 6. The summed E-state index contributed by atoms with van der Waals surface area (Å²) in [5.74, 6) is 0.953. The Morgan fingerprint density at radius 3 is 2.42 bits per heavy atom. The molecule has 0 aliphatic carbocycles. The van der Waals surface area contributed by atoms with E-state index < -0.39 is 0 Å². The van der Waals surface area contributed by atoms with Gasteiger partial charge in [0.15, 0.2) is 0 Å². The van der Waals surface area contributed by atoms with E-state index in [1.54, 1.807) is 6.20 Å². The number of nitriles is 1. The molecule has 3 heterocycles. The standard InChI is InChI=1S/C18H24N6/c1-18(2,3)24-14-16(12-21-24)13-22-6-8-23(9-7-22)17-5-4-15(10-19)11-20-17/h4-5,11-12,14H,6-9,13H2,1-3H3. The van der Waals surface area contributed by atoms with Gasteiger partial charge in [-0.15, -0.1) is 0 Å². The van der Waals surface area contributed by atoms with Crippen LogP contribution in [0.1, 0.15) is 31.9 Å². The molecule has 0 amide bonds. The monoisotopic (exact) mass is 324 g/mol. The number of rotatable bonds is 3. The molecule has 0 radical (unpaired) electrons. The van der Waals surface area contributed by atoms with E-state index in [-0.39, 0.29) is 5.54 Å². The van der Waals surface area contributed by atoms with Crippen LogP contribution in [0.3, 0.4) is 0 Å². The Hall–Kier alpha value is -2.39. The lowest BCUT2D eigenvalue weighted by Crippen LogP contribution is -2.46. The zero-order valence-electron chi connectivity index (χ0n) is 14.6. The summed E-state index contributed by atoms with van der Waals surface area (Å²) in [6, 6.07) is 5.87. The van der Waals surface area contributed by atoms with Crippen LogP contribution >= 0.6 is 0 Å². The molecule has 0 unspecified atom stereocenters. The Bertz CT molecular complexity index is 711. The smallest absolute Gasteiger partial charge is 0.128 e.